The maximum atomic E-state index is 11.8. The molecule has 1 N–H and O–H groups in total. The Kier molecular flexibility index (Phi) is 3.42. The zero-order valence-corrected chi connectivity index (χ0v) is 9.23. The summed E-state index contributed by atoms with van der Waals surface area (Å²) in [6.45, 7) is 0. The minimum atomic E-state index is -0.689. The largest absolute Gasteiger partial charge is 0.393 e. The summed E-state index contributed by atoms with van der Waals surface area (Å²) in [5, 5.41) is 13.2. The second-order valence-corrected chi connectivity index (χ2v) is 4.23. The molecule has 17 heavy (non-hydrogen) atoms. The van der Waals surface area contributed by atoms with Gasteiger partial charge in [0.25, 0.3) is 0 Å². The molecule has 3 atom stereocenters. The average Bonchev–Trinajstić information content (AvgIpc) is 2.33. The number of aliphatic hydroxyl groups excluding tert-OH is 1. The molecule has 0 radical (unpaired) electrons. The lowest BCUT2D eigenvalue weighted by Crippen LogP contribution is -2.37. The Balaban J connectivity index is 2.34. The molecule has 0 bridgehead atoms. The van der Waals surface area contributed by atoms with E-state index in [9.17, 15) is 9.90 Å². The minimum Gasteiger partial charge on any atom is -0.393 e. The molecule has 0 saturated heterocycles. The Hall–Kier alpha value is -1.84. The monoisotopic (exact) mass is 231 g/mol. The number of hydrogen-bond acceptors (Lipinski definition) is 3. The van der Waals surface area contributed by atoms with Crippen molar-refractivity contribution in [3.05, 3.63) is 46.3 Å². The van der Waals surface area contributed by atoms with Crippen LogP contribution < -0.4 is 0 Å². The zero-order chi connectivity index (χ0) is 12.3. The fourth-order valence-electron chi connectivity index (χ4n) is 2.30. The molecule has 0 spiro atoms. The predicted molar refractivity (Wildman–Crippen MR) is 62.4 cm³/mol. The Morgan fingerprint density at radius 2 is 2.06 bits per heavy atom. The Morgan fingerprint density at radius 1 is 1.35 bits per heavy atom. The van der Waals surface area contributed by atoms with Gasteiger partial charge in [-0.1, -0.05) is 35.4 Å². The summed E-state index contributed by atoms with van der Waals surface area (Å²) in [4.78, 5) is 14.5. The summed E-state index contributed by atoms with van der Waals surface area (Å²) >= 11 is 0. The van der Waals surface area contributed by atoms with Gasteiger partial charge >= 0.3 is 0 Å². The quantitative estimate of drug-likeness (QED) is 0.480. The molecule has 0 aliphatic heterocycles. The van der Waals surface area contributed by atoms with Gasteiger partial charge in [0.05, 0.1) is 6.10 Å². The SMILES string of the molecule is [N-]=[N+]=NC1C(=O)CC(O)CC1c1ccccc1. The van der Waals surface area contributed by atoms with Crippen molar-refractivity contribution < 1.29 is 9.90 Å². The molecular weight excluding hydrogens is 218 g/mol. The summed E-state index contributed by atoms with van der Waals surface area (Å²) < 4.78 is 0. The molecule has 0 aromatic heterocycles. The Labute approximate surface area is 98.7 Å². The molecule has 3 unspecified atom stereocenters. The Bertz CT molecular complexity index is 454. The highest BCUT2D eigenvalue weighted by molar-refractivity contribution is 5.86. The minimum absolute atomic E-state index is 0.0764. The lowest BCUT2D eigenvalue weighted by atomic mass is 9.78. The standard InChI is InChI=1S/C12H13N3O2/c13-15-14-12-10(6-9(16)7-11(12)17)8-4-2-1-3-5-8/h1-5,9-10,12,16H,6-7H2. The van der Waals surface area contributed by atoms with Crippen LogP contribution in [0.3, 0.4) is 0 Å². The highest BCUT2D eigenvalue weighted by Gasteiger charge is 2.36. The summed E-state index contributed by atoms with van der Waals surface area (Å²) in [6, 6.07) is 8.70. The molecule has 1 aliphatic carbocycles. The van der Waals surface area contributed by atoms with Gasteiger partial charge < -0.3 is 5.11 Å². The van der Waals surface area contributed by atoms with Crippen LogP contribution in [0.15, 0.2) is 35.4 Å². The zero-order valence-electron chi connectivity index (χ0n) is 9.23. The highest BCUT2D eigenvalue weighted by Crippen LogP contribution is 2.33. The first-order valence-electron chi connectivity index (χ1n) is 5.52. The van der Waals surface area contributed by atoms with Gasteiger partial charge in [-0.15, -0.1) is 0 Å². The summed E-state index contributed by atoms with van der Waals surface area (Å²) in [5.41, 5.74) is 9.44. The van der Waals surface area contributed by atoms with E-state index in [1.807, 2.05) is 30.3 Å². The van der Waals surface area contributed by atoms with Crippen molar-refractivity contribution in [1.82, 2.24) is 0 Å². The molecular formula is C12H13N3O2. The van der Waals surface area contributed by atoms with Crippen LogP contribution in [0, 0.1) is 0 Å². The topological polar surface area (TPSA) is 86.1 Å². The van der Waals surface area contributed by atoms with Crippen molar-refractivity contribution in [3.8, 4) is 0 Å². The first-order valence-corrected chi connectivity index (χ1v) is 5.52. The summed E-state index contributed by atoms with van der Waals surface area (Å²) in [7, 11) is 0. The number of rotatable bonds is 2. The van der Waals surface area contributed by atoms with E-state index >= 15 is 0 Å². The molecule has 5 heteroatoms. The van der Waals surface area contributed by atoms with Crippen LogP contribution >= 0.6 is 0 Å². The van der Waals surface area contributed by atoms with Crippen molar-refractivity contribution in [3.63, 3.8) is 0 Å². The number of hydrogen-bond donors (Lipinski definition) is 1. The van der Waals surface area contributed by atoms with Gasteiger partial charge in [-0.3, -0.25) is 4.79 Å². The molecule has 1 aliphatic rings. The van der Waals surface area contributed by atoms with E-state index in [1.165, 1.54) is 0 Å². The molecule has 0 amide bonds. The van der Waals surface area contributed by atoms with E-state index in [2.05, 4.69) is 10.0 Å². The van der Waals surface area contributed by atoms with Crippen molar-refractivity contribution in [2.24, 2.45) is 5.11 Å². The first-order chi connectivity index (χ1) is 8.22. The third-order valence-electron chi connectivity index (χ3n) is 3.08. The third kappa shape index (κ3) is 2.46. The van der Waals surface area contributed by atoms with E-state index in [0.717, 1.165) is 5.56 Å². The number of ketones is 1. The van der Waals surface area contributed by atoms with Gasteiger partial charge in [0.2, 0.25) is 0 Å². The molecule has 2 rings (SSSR count). The van der Waals surface area contributed by atoms with Crippen molar-refractivity contribution in [1.29, 1.82) is 0 Å². The highest BCUT2D eigenvalue weighted by atomic mass is 16.3. The lowest BCUT2D eigenvalue weighted by Gasteiger charge is -2.30. The summed E-state index contributed by atoms with van der Waals surface area (Å²) in [6.07, 6.45) is -0.107. The molecule has 1 saturated carbocycles. The maximum absolute atomic E-state index is 11.8. The Morgan fingerprint density at radius 3 is 2.71 bits per heavy atom. The number of Topliss-reactive ketones (excluding diaryl/α,β-unsaturated/α-hetero) is 1. The number of carbonyl (C=O) groups excluding carboxylic acids is 1. The lowest BCUT2D eigenvalue weighted by molar-refractivity contribution is -0.125. The number of nitrogens with zero attached hydrogens (tertiary/aromatic N) is 3. The van der Waals surface area contributed by atoms with Crippen molar-refractivity contribution in [2.75, 3.05) is 0 Å². The van der Waals surface area contributed by atoms with Gasteiger partial charge in [-0.05, 0) is 17.5 Å². The van der Waals surface area contributed by atoms with Gasteiger partial charge in [-0.25, -0.2) is 0 Å². The number of carbonyl (C=O) groups is 1. The first kappa shape index (κ1) is 11.6. The second kappa shape index (κ2) is 4.99. The fraction of sp³-hybridized carbons (Fsp3) is 0.417. The van der Waals surface area contributed by atoms with E-state index in [0.29, 0.717) is 6.42 Å². The van der Waals surface area contributed by atoms with Gasteiger partial charge in [-0.2, -0.15) is 0 Å². The van der Waals surface area contributed by atoms with Crippen LogP contribution in [-0.4, -0.2) is 23.0 Å². The third-order valence-corrected chi connectivity index (χ3v) is 3.08. The fourth-order valence-corrected chi connectivity index (χ4v) is 2.30. The van der Waals surface area contributed by atoms with Crippen LogP contribution in [0.5, 0.6) is 0 Å². The van der Waals surface area contributed by atoms with Gasteiger partial charge in [0.15, 0.2) is 0 Å². The van der Waals surface area contributed by atoms with E-state index in [1.54, 1.807) is 0 Å². The number of azide groups is 1. The second-order valence-electron chi connectivity index (χ2n) is 4.23. The molecule has 1 aromatic carbocycles. The smallest absolute Gasteiger partial charge is 0.145 e. The van der Waals surface area contributed by atoms with Crippen molar-refractivity contribution in [2.45, 2.75) is 30.9 Å². The van der Waals surface area contributed by atoms with Crippen LogP contribution in [0.25, 0.3) is 10.4 Å². The van der Waals surface area contributed by atoms with Crippen LogP contribution in [0.4, 0.5) is 0 Å². The molecule has 1 fully saturated rings. The van der Waals surface area contributed by atoms with Crippen molar-refractivity contribution >= 4 is 5.78 Å². The van der Waals surface area contributed by atoms with E-state index < -0.39 is 12.1 Å². The predicted octanol–water partition coefficient (Wildman–Crippen LogP) is 2.17. The average molecular weight is 231 g/mol. The molecule has 88 valence electrons. The van der Waals surface area contributed by atoms with Crippen LogP contribution in [0.2, 0.25) is 0 Å². The van der Waals surface area contributed by atoms with E-state index in [4.69, 9.17) is 5.53 Å². The molecule has 1 aromatic rings. The van der Waals surface area contributed by atoms with Gasteiger partial charge in [0.1, 0.15) is 11.8 Å². The number of aliphatic hydroxyl groups is 1. The molecule has 5 nitrogen and oxygen atoms in total. The van der Waals surface area contributed by atoms with Crippen LogP contribution in [0.1, 0.15) is 24.3 Å². The normalized spacial score (nSPS) is 28.5. The van der Waals surface area contributed by atoms with Gasteiger partial charge in [0, 0.05) is 17.3 Å². The molecule has 0 heterocycles. The number of benzene rings is 1. The van der Waals surface area contributed by atoms with Crippen LogP contribution in [-0.2, 0) is 4.79 Å². The summed E-state index contributed by atoms with van der Waals surface area (Å²) in [5.74, 6) is -0.404. The maximum Gasteiger partial charge on any atom is 0.145 e. The van der Waals surface area contributed by atoms with E-state index in [-0.39, 0.29) is 18.1 Å².